The van der Waals surface area contributed by atoms with Gasteiger partial charge in [-0.25, -0.2) is 0 Å². The Kier molecular flexibility index (Phi) is 2.59. The maximum absolute atomic E-state index is 12.3. The highest BCUT2D eigenvalue weighted by atomic mass is 35.5. The Hall–Kier alpha value is -2.59. The maximum atomic E-state index is 12.3. The van der Waals surface area contributed by atoms with E-state index in [2.05, 4.69) is 10.1 Å². The molecule has 5 heteroatoms. The molecule has 2 aromatic heterocycles. The SMILES string of the molecule is O=c1cc2[nH]c3ccccc3c2nn1-c1cccc(Cl)c1. The zero-order valence-corrected chi connectivity index (χ0v) is 11.6. The third-order valence-electron chi connectivity index (χ3n) is 3.44. The minimum atomic E-state index is -0.198. The predicted octanol–water partition coefficient (Wildman–Crippen LogP) is 3.52. The second-order valence-electron chi connectivity index (χ2n) is 4.81. The van der Waals surface area contributed by atoms with E-state index in [-0.39, 0.29) is 5.56 Å². The standard InChI is InChI=1S/C16H10ClN3O/c17-10-4-3-5-11(8-10)20-15(21)9-14-16(19-20)12-6-1-2-7-13(12)18-14/h1-9,18H. The predicted molar refractivity (Wildman–Crippen MR) is 84.2 cm³/mol. The lowest BCUT2D eigenvalue weighted by molar-refractivity contribution is 0.833. The van der Waals surface area contributed by atoms with Gasteiger partial charge in [0.1, 0.15) is 5.52 Å². The van der Waals surface area contributed by atoms with Crippen LogP contribution in [0.25, 0.3) is 27.6 Å². The number of aromatic nitrogens is 3. The smallest absolute Gasteiger partial charge is 0.273 e. The molecule has 0 fully saturated rings. The number of H-pyrrole nitrogens is 1. The summed E-state index contributed by atoms with van der Waals surface area (Å²) in [5.41, 5.74) is 2.92. The Labute approximate surface area is 124 Å². The van der Waals surface area contributed by atoms with Crippen LogP contribution < -0.4 is 5.56 Å². The minimum Gasteiger partial charge on any atom is -0.353 e. The molecule has 21 heavy (non-hydrogen) atoms. The first kappa shape index (κ1) is 12.2. The summed E-state index contributed by atoms with van der Waals surface area (Å²) in [5.74, 6) is 0. The Morgan fingerprint density at radius 1 is 1.00 bits per heavy atom. The molecule has 0 radical (unpaired) electrons. The van der Waals surface area contributed by atoms with Crippen LogP contribution >= 0.6 is 11.6 Å². The summed E-state index contributed by atoms with van der Waals surface area (Å²) in [7, 11) is 0. The Balaban J connectivity index is 2.08. The number of benzene rings is 2. The van der Waals surface area contributed by atoms with Gasteiger partial charge >= 0.3 is 0 Å². The fraction of sp³-hybridized carbons (Fsp3) is 0. The Bertz CT molecular complexity index is 1030. The zero-order chi connectivity index (χ0) is 14.4. The van der Waals surface area contributed by atoms with E-state index in [1.807, 2.05) is 24.3 Å². The van der Waals surface area contributed by atoms with Crippen molar-refractivity contribution in [1.29, 1.82) is 0 Å². The molecule has 0 saturated heterocycles. The van der Waals surface area contributed by atoms with Gasteiger partial charge in [0.05, 0.1) is 11.2 Å². The van der Waals surface area contributed by atoms with E-state index in [0.717, 1.165) is 21.9 Å². The molecule has 0 aliphatic rings. The molecule has 0 saturated carbocycles. The number of aromatic amines is 1. The summed E-state index contributed by atoms with van der Waals surface area (Å²) >= 11 is 5.99. The summed E-state index contributed by atoms with van der Waals surface area (Å²) in [6, 6.07) is 16.5. The van der Waals surface area contributed by atoms with Gasteiger partial charge in [0.2, 0.25) is 0 Å². The van der Waals surface area contributed by atoms with Crippen molar-refractivity contribution in [3.8, 4) is 5.69 Å². The van der Waals surface area contributed by atoms with Crippen LogP contribution in [0.1, 0.15) is 0 Å². The van der Waals surface area contributed by atoms with E-state index in [4.69, 9.17) is 11.6 Å². The Morgan fingerprint density at radius 3 is 2.71 bits per heavy atom. The Morgan fingerprint density at radius 2 is 1.86 bits per heavy atom. The van der Waals surface area contributed by atoms with Gasteiger partial charge in [-0.1, -0.05) is 35.9 Å². The van der Waals surface area contributed by atoms with Crippen molar-refractivity contribution in [2.45, 2.75) is 0 Å². The van der Waals surface area contributed by atoms with Crippen molar-refractivity contribution >= 4 is 33.5 Å². The van der Waals surface area contributed by atoms with Crippen LogP contribution in [0.15, 0.2) is 59.4 Å². The van der Waals surface area contributed by atoms with Crippen LogP contribution in [-0.4, -0.2) is 14.8 Å². The number of hydrogen-bond acceptors (Lipinski definition) is 2. The molecule has 0 amide bonds. The summed E-state index contributed by atoms with van der Waals surface area (Å²) < 4.78 is 1.37. The van der Waals surface area contributed by atoms with Crippen LogP contribution in [0.2, 0.25) is 5.02 Å². The van der Waals surface area contributed by atoms with Gasteiger partial charge in [-0.15, -0.1) is 0 Å². The number of halogens is 1. The zero-order valence-electron chi connectivity index (χ0n) is 10.9. The molecule has 0 atom stereocenters. The molecule has 0 aliphatic heterocycles. The largest absolute Gasteiger partial charge is 0.353 e. The van der Waals surface area contributed by atoms with Gasteiger partial charge in [-0.05, 0) is 24.3 Å². The van der Waals surface area contributed by atoms with Gasteiger partial charge in [0.25, 0.3) is 5.56 Å². The molecular formula is C16H10ClN3O. The molecule has 4 nitrogen and oxygen atoms in total. The molecule has 0 aliphatic carbocycles. The fourth-order valence-electron chi connectivity index (χ4n) is 2.49. The van der Waals surface area contributed by atoms with Gasteiger partial charge < -0.3 is 4.98 Å². The molecule has 4 aromatic rings. The average Bonchev–Trinajstić information content (AvgIpc) is 2.83. The number of para-hydroxylation sites is 1. The van der Waals surface area contributed by atoms with Crippen molar-refractivity contribution in [2.75, 3.05) is 0 Å². The van der Waals surface area contributed by atoms with Gasteiger partial charge in [-0.3, -0.25) is 4.79 Å². The second-order valence-corrected chi connectivity index (χ2v) is 5.24. The van der Waals surface area contributed by atoms with Gasteiger partial charge in [0.15, 0.2) is 0 Å². The van der Waals surface area contributed by atoms with Crippen LogP contribution in [0, 0.1) is 0 Å². The summed E-state index contributed by atoms with van der Waals surface area (Å²) in [6.45, 7) is 0. The number of fused-ring (bicyclic) bond motifs is 3. The lowest BCUT2D eigenvalue weighted by atomic mass is 10.2. The maximum Gasteiger partial charge on any atom is 0.273 e. The van der Waals surface area contributed by atoms with Crippen molar-refractivity contribution in [3.63, 3.8) is 0 Å². The van der Waals surface area contributed by atoms with E-state index in [1.165, 1.54) is 4.68 Å². The van der Waals surface area contributed by atoms with Crippen molar-refractivity contribution in [1.82, 2.24) is 14.8 Å². The molecule has 4 rings (SSSR count). The van der Waals surface area contributed by atoms with Crippen molar-refractivity contribution in [3.05, 3.63) is 70.0 Å². The normalized spacial score (nSPS) is 11.3. The van der Waals surface area contributed by atoms with Gasteiger partial charge in [-0.2, -0.15) is 9.78 Å². The molecule has 2 aromatic carbocycles. The average molecular weight is 296 g/mol. The van der Waals surface area contributed by atoms with Crippen LogP contribution in [0.3, 0.4) is 0 Å². The molecule has 1 N–H and O–H groups in total. The monoisotopic (exact) mass is 295 g/mol. The lowest BCUT2D eigenvalue weighted by Crippen LogP contribution is -2.19. The fourth-order valence-corrected chi connectivity index (χ4v) is 2.67. The van der Waals surface area contributed by atoms with E-state index in [1.54, 1.807) is 30.3 Å². The summed E-state index contributed by atoms with van der Waals surface area (Å²) in [6.07, 6.45) is 0. The van der Waals surface area contributed by atoms with E-state index in [0.29, 0.717) is 10.7 Å². The highest BCUT2D eigenvalue weighted by molar-refractivity contribution is 6.30. The molecular weight excluding hydrogens is 286 g/mol. The molecule has 0 spiro atoms. The topological polar surface area (TPSA) is 50.7 Å². The van der Waals surface area contributed by atoms with E-state index in [9.17, 15) is 4.79 Å². The van der Waals surface area contributed by atoms with Crippen molar-refractivity contribution in [2.24, 2.45) is 0 Å². The molecule has 2 heterocycles. The number of nitrogens with zero attached hydrogens (tertiary/aromatic N) is 2. The van der Waals surface area contributed by atoms with Gasteiger partial charge in [0, 0.05) is 22.0 Å². The second kappa shape index (κ2) is 4.46. The first-order chi connectivity index (χ1) is 10.2. The quantitative estimate of drug-likeness (QED) is 0.584. The van der Waals surface area contributed by atoms with Crippen LogP contribution in [0.5, 0.6) is 0 Å². The minimum absolute atomic E-state index is 0.198. The van der Waals surface area contributed by atoms with Crippen LogP contribution in [0.4, 0.5) is 0 Å². The summed E-state index contributed by atoms with van der Waals surface area (Å²) in [4.78, 5) is 15.5. The van der Waals surface area contributed by atoms with E-state index < -0.39 is 0 Å². The molecule has 102 valence electrons. The van der Waals surface area contributed by atoms with Crippen LogP contribution in [-0.2, 0) is 0 Å². The molecule has 0 unspecified atom stereocenters. The number of rotatable bonds is 1. The molecule has 0 bridgehead atoms. The lowest BCUT2D eigenvalue weighted by Gasteiger charge is -2.04. The third kappa shape index (κ3) is 1.92. The summed E-state index contributed by atoms with van der Waals surface area (Å²) in [5, 5.41) is 6.05. The first-order valence-corrected chi connectivity index (χ1v) is 6.87. The number of nitrogens with one attached hydrogen (secondary N) is 1. The number of hydrogen-bond donors (Lipinski definition) is 1. The highest BCUT2D eigenvalue weighted by Gasteiger charge is 2.09. The third-order valence-corrected chi connectivity index (χ3v) is 3.67. The first-order valence-electron chi connectivity index (χ1n) is 6.49. The van der Waals surface area contributed by atoms with E-state index >= 15 is 0 Å². The highest BCUT2D eigenvalue weighted by Crippen LogP contribution is 2.22. The van der Waals surface area contributed by atoms with Crippen molar-refractivity contribution < 1.29 is 0 Å².